The van der Waals surface area contributed by atoms with Crippen molar-refractivity contribution in [3.05, 3.63) is 59.9 Å². The molecule has 0 saturated heterocycles. The molecule has 6 nitrogen and oxygen atoms in total. The number of halogens is 2. The first-order chi connectivity index (χ1) is 12.5. The first-order valence-corrected chi connectivity index (χ1v) is 8.03. The summed E-state index contributed by atoms with van der Waals surface area (Å²) in [4.78, 5) is 4.14. The average Bonchev–Trinajstić information content (AvgIpc) is 3.02. The van der Waals surface area contributed by atoms with Gasteiger partial charge < -0.3 is 15.4 Å². The molecule has 2 aromatic carbocycles. The number of aryl methyl sites for hydroxylation is 1. The fourth-order valence-corrected chi connectivity index (χ4v) is 2.50. The molecule has 26 heavy (non-hydrogen) atoms. The normalized spacial score (nSPS) is 10.8. The van der Waals surface area contributed by atoms with Crippen LogP contribution >= 0.6 is 0 Å². The number of hydrogen-bond acceptors (Lipinski definition) is 5. The van der Waals surface area contributed by atoms with Crippen molar-refractivity contribution in [1.29, 1.82) is 0 Å². The summed E-state index contributed by atoms with van der Waals surface area (Å²) < 4.78 is 33.0. The molecule has 1 heterocycles. The molecule has 0 aliphatic rings. The summed E-state index contributed by atoms with van der Waals surface area (Å²) in [6.45, 7) is 3.28. The van der Waals surface area contributed by atoms with Crippen LogP contribution in [0, 0.1) is 18.6 Å². The second-order valence-corrected chi connectivity index (χ2v) is 5.77. The number of nitrogens with zero attached hydrogens (tertiary/aromatic N) is 3. The highest BCUT2D eigenvalue weighted by molar-refractivity contribution is 5.63. The van der Waals surface area contributed by atoms with Crippen molar-refractivity contribution in [2.75, 3.05) is 30.9 Å². The fourth-order valence-electron chi connectivity index (χ4n) is 2.50. The zero-order valence-electron chi connectivity index (χ0n) is 14.5. The topological polar surface area (TPSA) is 64.0 Å². The highest BCUT2D eigenvalue weighted by atomic mass is 19.1. The number of benzene rings is 2. The number of methoxy groups -OCH3 is 1. The van der Waals surface area contributed by atoms with Gasteiger partial charge in [0.2, 0.25) is 5.95 Å². The summed E-state index contributed by atoms with van der Waals surface area (Å²) in [5.74, 6) is -1.02. The molecule has 2 N–H and O–H groups in total. The van der Waals surface area contributed by atoms with Crippen LogP contribution in [0.5, 0.6) is 0 Å². The summed E-state index contributed by atoms with van der Waals surface area (Å²) in [6.07, 6.45) is 1.39. The second-order valence-electron chi connectivity index (χ2n) is 5.77. The Morgan fingerprint density at radius 2 is 1.77 bits per heavy atom. The lowest BCUT2D eigenvalue weighted by atomic mass is 10.2. The quantitative estimate of drug-likeness (QED) is 0.631. The largest absolute Gasteiger partial charge is 0.383 e. The van der Waals surface area contributed by atoms with Crippen molar-refractivity contribution in [2.24, 2.45) is 0 Å². The van der Waals surface area contributed by atoms with Gasteiger partial charge in [0.1, 0.15) is 18.0 Å². The van der Waals surface area contributed by atoms with Crippen molar-refractivity contribution in [3.8, 4) is 5.69 Å². The van der Waals surface area contributed by atoms with Crippen LogP contribution in [0.1, 0.15) is 5.56 Å². The third-order valence-electron chi connectivity index (χ3n) is 3.57. The van der Waals surface area contributed by atoms with E-state index in [1.54, 1.807) is 7.11 Å². The second kappa shape index (κ2) is 7.92. The molecule has 0 fully saturated rings. The monoisotopic (exact) mass is 359 g/mol. The zero-order valence-corrected chi connectivity index (χ0v) is 14.5. The number of anilines is 3. The molecule has 3 aromatic rings. The minimum Gasteiger partial charge on any atom is -0.383 e. The van der Waals surface area contributed by atoms with Crippen LogP contribution in [-0.2, 0) is 4.74 Å². The van der Waals surface area contributed by atoms with Crippen molar-refractivity contribution in [2.45, 2.75) is 6.92 Å². The predicted molar refractivity (Wildman–Crippen MR) is 96.1 cm³/mol. The Morgan fingerprint density at radius 1 is 1.04 bits per heavy atom. The smallest absolute Gasteiger partial charge is 0.246 e. The van der Waals surface area contributed by atoms with Crippen molar-refractivity contribution in [1.82, 2.24) is 14.8 Å². The van der Waals surface area contributed by atoms with Crippen LogP contribution < -0.4 is 10.6 Å². The third-order valence-corrected chi connectivity index (χ3v) is 3.57. The van der Waals surface area contributed by atoms with Gasteiger partial charge in [-0.05, 0) is 42.8 Å². The van der Waals surface area contributed by atoms with Crippen LogP contribution in [0.15, 0.2) is 42.7 Å². The third kappa shape index (κ3) is 4.54. The maximum atomic E-state index is 13.4. The highest BCUT2D eigenvalue weighted by Crippen LogP contribution is 2.21. The van der Waals surface area contributed by atoms with Crippen molar-refractivity contribution >= 4 is 17.3 Å². The predicted octanol–water partition coefficient (Wildman–Crippen LogP) is 3.66. The standard InChI is InChI=1S/C18H19F2N5O/c1-12-5-15(21-3-4-26-2)10-16(6-12)23-18-22-11-25(24-18)17-8-13(19)7-14(20)9-17/h5-11,21H,3-4H2,1-2H3,(H,23,24). The van der Waals surface area contributed by atoms with E-state index in [0.29, 0.717) is 19.1 Å². The zero-order chi connectivity index (χ0) is 18.5. The molecule has 0 radical (unpaired) electrons. The maximum Gasteiger partial charge on any atom is 0.246 e. The first-order valence-electron chi connectivity index (χ1n) is 8.03. The van der Waals surface area contributed by atoms with Crippen LogP contribution in [0.2, 0.25) is 0 Å². The van der Waals surface area contributed by atoms with E-state index in [1.165, 1.54) is 23.1 Å². The SMILES string of the molecule is COCCNc1cc(C)cc(Nc2ncn(-c3cc(F)cc(F)c3)n2)c1. The van der Waals surface area contributed by atoms with Gasteiger partial charge >= 0.3 is 0 Å². The van der Waals surface area contributed by atoms with Crippen LogP contribution in [0.4, 0.5) is 26.1 Å². The van der Waals surface area contributed by atoms with E-state index >= 15 is 0 Å². The molecule has 0 aliphatic heterocycles. The number of hydrogen-bond donors (Lipinski definition) is 2. The van der Waals surface area contributed by atoms with Gasteiger partial charge in [-0.15, -0.1) is 5.10 Å². The summed E-state index contributed by atoms with van der Waals surface area (Å²) in [6, 6.07) is 9.07. The van der Waals surface area contributed by atoms with Gasteiger partial charge in [-0.2, -0.15) is 4.98 Å². The Kier molecular flexibility index (Phi) is 5.43. The average molecular weight is 359 g/mol. The fraction of sp³-hybridized carbons (Fsp3) is 0.222. The first kappa shape index (κ1) is 17.8. The lowest BCUT2D eigenvalue weighted by Gasteiger charge is -2.10. The number of nitrogens with one attached hydrogen (secondary N) is 2. The molecule has 3 rings (SSSR count). The molecule has 0 unspecified atom stereocenters. The van der Waals surface area contributed by atoms with Crippen molar-refractivity contribution in [3.63, 3.8) is 0 Å². The van der Waals surface area contributed by atoms with Gasteiger partial charge in [0.25, 0.3) is 0 Å². The van der Waals surface area contributed by atoms with E-state index in [0.717, 1.165) is 23.0 Å². The van der Waals surface area contributed by atoms with Gasteiger partial charge in [-0.1, -0.05) is 0 Å². The van der Waals surface area contributed by atoms with E-state index in [-0.39, 0.29) is 5.69 Å². The summed E-state index contributed by atoms with van der Waals surface area (Å²) in [7, 11) is 1.65. The Balaban J connectivity index is 1.76. The number of aromatic nitrogens is 3. The Hall–Kier alpha value is -3.00. The molecule has 0 aliphatic carbocycles. The molecule has 0 amide bonds. The molecule has 0 saturated carbocycles. The van der Waals surface area contributed by atoms with Gasteiger partial charge in [0.15, 0.2) is 0 Å². The minimum absolute atomic E-state index is 0.259. The van der Waals surface area contributed by atoms with Crippen LogP contribution in [0.3, 0.4) is 0 Å². The van der Waals surface area contributed by atoms with Gasteiger partial charge in [-0.25, -0.2) is 13.5 Å². The van der Waals surface area contributed by atoms with E-state index in [2.05, 4.69) is 20.7 Å². The lowest BCUT2D eigenvalue weighted by Crippen LogP contribution is -2.08. The number of ether oxygens (including phenoxy) is 1. The molecule has 136 valence electrons. The molecular formula is C18H19F2N5O. The summed E-state index contributed by atoms with van der Waals surface area (Å²) in [5.41, 5.74) is 3.06. The van der Waals surface area contributed by atoms with Gasteiger partial charge in [-0.3, -0.25) is 0 Å². The van der Waals surface area contributed by atoms with Crippen LogP contribution in [0.25, 0.3) is 5.69 Å². The van der Waals surface area contributed by atoms with E-state index in [4.69, 9.17) is 4.74 Å². The minimum atomic E-state index is -0.671. The van der Waals surface area contributed by atoms with Gasteiger partial charge in [0, 0.05) is 31.1 Å². The molecule has 0 spiro atoms. The Bertz CT molecular complexity index is 877. The van der Waals surface area contributed by atoms with E-state index in [9.17, 15) is 8.78 Å². The summed E-state index contributed by atoms with van der Waals surface area (Å²) >= 11 is 0. The highest BCUT2D eigenvalue weighted by Gasteiger charge is 2.07. The molecule has 1 aromatic heterocycles. The Morgan fingerprint density at radius 3 is 2.50 bits per heavy atom. The molecule has 8 heteroatoms. The van der Waals surface area contributed by atoms with Crippen LogP contribution in [-0.4, -0.2) is 35.0 Å². The summed E-state index contributed by atoms with van der Waals surface area (Å²) in [5, 5.41) is 10.6. The molecular weight excluding hydrogens is 340 g/mol. The number of rotatable bonds is 7. The van der Waals surface area contributed by atoms with Crippen molar-refractivity contribution < 1.29 is 13.5 Å². The lowest BCUT2D eigenvalue weighted by molar-refractivity contribution is 0.211. The van der Waals surface area contributed by atoms with E-state index in [1.807, 2.05) is 25.1 Å². The Labute approximate surface area is 149 Å². The van der Waals surface area contributed by atoms with E-state index < -0.39 is 11.6 Å². The van der Waals surface area contributed by atoms with Gasteiger partial charge in [0.05, 0.1) is 12.3 Å². The molecule has 0 bridgehead atoms. The molecule has 0 atom stereocenters. The maximum absolute atomic E-state index is 13.4.